The van der Waals surface area contributed by atoms with Crippen molar-refractivity contribution in [3.8, 4) is 0 Å². The van der Waals surface area contributed by atoms with Gasteiger partial charge in [0.15, 0.2) is 12.2 Å². The number of rotatable bonds is 73. The molecular formula is C81H140O17P2. The number of carbonyl (C=O) groups excluding carboxylic acids is 4. The van der Waals surface area contributed by atoms with E-state index in [4.69, 9.17) is 37.0 Å². The number of hydrogen-bond donors (Lipinski definition) is 3. The molecule has 17 nitrogen and oxygen atoms in total. The van der Waals surface area contributed by atoms with E-state index in [1.54, 1.807) is 0 Å². The van der Waals surface area contributed by atoms with Crippen molar-refractivity contribution in [2.45, 2.75) is 341 Å². The molecule has 0 heterocycles. The van der Waals surface area contributed by atoms with Crippen molar-refractivity contribution in [2.75, 3.05) is 39.6 Å². The highest BCUT2D eigenvalue weighted by Gasteiger charge is 2.30. The number of carbonyl (C=O) groups is 4. The number of aliphatic hydroxyl groups is 1. The Morgan fingerprint density at radius 2 is 0.530 bits per heavy atom. The van der Waals surface area contributed by atoms with Crippen LogP contribution >= 0.6 is 15.6 Å². The number of allylic oxidation sites excluding steroid dienone is 18. The van der Waals surface area contributed by atoms with Gasteiger partial charge in [-0.05, 0) is 122 Å². The van der Waals surface area contributed by atoms with Gasteiger partial charge in [-0.15, -0.1) is 0 Å². The van der Waals surface area contributed by atoms with Crippen LogP contribution in [0, 0.1) is 0 Å². The Morgan fingerprint density at radius 1 is 0.290 bits per heavy atom. The molecule has 0 saturated carbocycles. The quantitative estimate of drug-likeness (QED) is 0.0169. The molecule has 0 aromatic rings. The van der Waals surface area contributed by atoms with Gasteiger partial charge in [-0.1, -0.05) is 285 Å². The first-order valence-corrected chi connectivity index (χ1v) is 42.1. The van der Waals surface area contributed by atoms with Crippen LogP contribution in [0.15, 0.2) is 109 Å². The van der Waals surface area contributed by atoms with Gasteiger partial charge >= 0.3 is 39.5 Å². The first kappa shape index (κ1) is 95.7. The molecule has 0 aromatic carbocycles. The van der Waals surface area contributed by atoms with E-state index >= 15 is 0 Å². The van der Waals surface area contributed by atoms with Gasteiger partial charge in [-0.3, -0.25) is 37.3 Å². The minimum Gasteiger partial charge on any atom is -0.462 e. The van der Waals surface area contributed by atoms with Crippen LogP contribution in [0.25, 0.3) is 0 Å². The van der Waals surface area contributed by atoms with E-state index in [0.29, 0.717) is 32.1 Å². The van der Waals surface area contributed by atoms with E-state index in [1.165, 1.54) is 89.9 Å². The third kappa shape index (κ3) is 72.1. The second kappa shape index (κ2) is 73.0. The normalized spacial score (nSPS) is 14.5. The lowest BCUT2D eigenvalue weighted by Gasteiger charge is -2.21. The van der Waals surface area contributed by atoms with Crippen molar-refractivity contribution >= 4 is 39.5 Å². The summed E-state index contributed by atoms with van der Waals surface area (Å²) in [5.41, 5.74) is 0. The average molecular weight is 1450 g/mol. The molecule has 0 saturated heterocycles. The highest BCUT2D eigenvalue weighted by Crippen LogP contribution is 2.45. The fourth-order valence-electron chi connectivity index (χ4n) is 10.3. The maximum absolute atomic E-state index is 13.1. The zero-order chi connectivity index (χ0) is 73.2. The minimum atomic E-state index is -4.99. The molecule has 576 valence electrons. The van der Waals surface area contributed by atoms with Crippen LogP contribution in [0.4, 0.5) is 0 Å². The van der Waals surface area contributed by atoms with Gasteiger partial charge in [0, 0.05) is 25.7 Å². The van der Waals surface area contributed by atoms with E-state index in [9.17, 15) is 43.2 Å². The number of unbranched alkanes of at least 4 members (excludes halogenated alkanes) is 29. The molecule has 19 heteroatoms. The SMILES string of the molecule is CC/C=C\C/C=C\C/C=C\C/C=C\C/C=C\CCCC(=O)OCC(COP(=O)(O)OCC(O)COP(=O)(O)OCC(COC(=O)CCCCCCC/C=C\C/C=C\C/C=C\CC)OC(=O)CCCCCCCCCCCCCCCCC)OC(=O)CCCCCCC/C=C\CCCCCC. The van der Waals surface area contributed by atoms with Crippen LogP contribution in [0.1, 0.15) is 323 Å². The van der Waals surface area contributed by atoms with Crippen molar-refractivity contribution in [2.24, 2.45) is 0 Å². The molecule has 0 spiro atoms. The molecule has 0 radical (unpaired) electrons. The van der Waals surface area contributed by atoms with Crippen molar-refractivity contribution in [1.29, 1.82) is 0 Å². The number of esters is 4. The summed E-state index contributed by atoms with van der Waals surface area (Å²) in [7, 11) is -9.97. The van der Waals surface area contributed by atoms with Gasteiger partial charge in [0.1, 0.15) is 19.3 Å². The number of aliphatic hydroxyl groups excluding tert-OH is 1. The van der Waals surface area contributed by atoms with Gasteiger partial charge < -0.3 is 33.8 Å². The summed E-state index contributed by atoms with van der Waals surface area (Å²) < 4.78 is 68.5. The minimum absolute atomic E-state index is 0.0718. The van der Waals surface area contributed by atoms with Gasteiger partial charge in [0.05, 0.1) is 26.4 Å². The Bertz CT molecular complexity index is 2320. The molecule has 0 bridgehead atoms. The predicted molar refractivity (Wildman–Crippen MR) is 408 cm³/mol. The van der Waals surface area contributed by atoms with Crippen LogP contribution in [0.5, 0.6) is 0 Å². The maximum atomic E-state index is 13.1. The van der Waals surface area contributed by atoms with Crippen molar-refractivity contribution in [1.82, 2.24) is 0 Å². The molecule has 0 fully saturated rings. The van der Waals surface area contributed by atoms with E-state index in [0.717, 1.165) is 148 Å². The zero-order valence-electron chi connectivity index (χ0n) is 62.8. The third-order valence-electron chi connectivity index (χ3n) is 16.2. The van der Waals surface area contributed by atoms with Gasteiger partial charge in [0.25, 0.3) is 0 Å². The monoisotopic (exact) mass is 1450 g/mol. The standard InChI is InChI=1S/C81H140O17P2/c1-5-9-13-17-21-25-29-33-36-37-40-43-46-50-54-58-62-66-79(84)92-71-76(97-80(85)67-63-59-55-51-47-41-32-28-24-20-16-12-8-4)73-95-99(87,88)93-69-75(82)70-94-100(89,90)96-74-77(98-81(86)68-64-60-56-52-48-44-39-35-31-27-23-19-15-11-7-3)72-91-78(83)65-61-57-53-49-45-42-38-34-30-26-22-18-14-10-6-2/h9-10,13-14,21-22,25-26,28,32-34,36,38,40,43,50,54,75-77,82H,5-8,11-12,15-20,23-24,27,29-31,35,37,39,41-42,44-49,51-53,55-74H2,1-4H3,(H,87,88)(H,89,90)/b13-9-,14-10-,25-21-,26-22-,32-28-,36-33-,38-34-,43-40-,54-50-. The number of phosphoric ester groups is 2. The molecule has 3 N–H and O–H groups in total. The van der Waals surface area contributed by atoms with Gasteiger partial charge in [-0.2, -0.15) is 0 Å². The largest absolute Gasteiger partial charge is 0.472 e. The summed E-state index contributed by atoms with van der Waals surface area (Å²) in [4.78, 5) is 72.9. The lowest BCUT2D eigenvalue weighted by molar-refractivity contribution is -0.161. The number of ether oxygens (including phenoxy) is 4. The smallest absolute Gasteiger partial charge is 0.462 e. The predicted octanol–water partition coefficient (Wildman–Crippen LogP) is 22.6. The lowest BCUT2D eigenvalue weighted by Crippen LogP contribution is -2.30. The molecule has 5 atom stereocenters. The first-order valence-electron chi connectivity index (χ1n) is 39.1. The Kier molecular flexibility index (Phi) is 69.9. The summed E-state index contributed by atoms with van der Waals surface area (Å²) in [6.45, 7) is 4.57. The summed E-state index contributed by atoms with van der Waals surface area (Å²) >= 11 is 0. The highest BCUT2D eigenvalue weighted by molar-refractivity contribution is 7.47. The van der Waals surface area contributed by atoms with Crippen LogP contribution < -0.4 is 0 Å². The summed E-state index contributed by atoms with van der Waals surface area (Å²) in [5, 5.41) is 10.6. The average Bonchev–Trinajstić information content (AvgIpc) is 0.965. The molecule has 0 rings (SSSR count). The number of phosphoric acid groups is 2. The van der Waals surface area contributed by atoms with Gasteiger partial charge in [-0.25, -0.2) is 9.13 Å². The van der Waals surface area contributed by atoms with E-state index in [2.05, 4.69) is 125 Å². The second-order valence-corrected chi connectivity index (χ2v) is 28.8. The first-order chi connectivity index (χ1) is 48.7. The van der Waals surface area contributed by atoms with Crippen LogP contribution in [0.2, 0.25) is 0 Å². The molecule has 0 aromatic heterocycles. The van der Waals surface area contributed by atoms with Crippen molar-refractivity contribution < 1.29 is 80.2 Å². The Labute approximate surface area is 607 Å². The molecule has 100 heavy (non-hydrogen) atoms. The van der Waals surface area contributed by atoms with E-state index < -0.39 is 97.5 Å². The molecular weight excluding hydrogens is 1310 g/mol. The fourth-order valence-corrected chi connectivity index (χ4v) is 11.9. The Balaban J connectivity index is 5.40. The Hall–Kier alpha value is -4.28. The lowest BCUT2D eigenvalue weighted by atomic mass is 10.0. The molecule has 0 aliphatic rings. The third-order valence-corrected chi connectivity index (χ3v) is 18.1. The zero-order valence-corrected chi connectivity index (χ0v) is 64.6. The number of hydrogen-bond acceptors (Lipinski definition) is 15. The van der Waals surface area contributed by atoms with Gasteiger partial charge in [0.2, 0.25) is 0 Å². The highest BCUT2D eigenvalue weighted by atomic mass is 31.2. The molecule has 5 unspecified atom stereocenters. The summed E-state index contributed by atoms with van der Waals surface area (Å²) in [6.07, 6.45) is 77.9. The molecule has 0 aliphatic carbocycles. The molecule has 0 aliphatic heterocycles. The maximum Gasteiger partial charge on any atom is 0.472 e. The van der Waals surface area contributed by atoms with Crippen LogP contribution in [-0.4, -0.2) is 96.7 Å². The second-order valence-electron chi connectivity index (χ2n) is 25.9. The van der Waals surface area contributed by atoms with E-state index in [-0.39, 0.29) is 25.7 Å². The fraction of sp³-hybridized carbons (Fsp3) is 0.728. The van der Waals surface area contributed by atoms with Crippen LogP contribution in [-0.2, 0) is 65.4 Å². The Morgan fingerprint density at radius 3 is 0.860 bits per heavy atom. The van der Waals surface area contributed by atoms with Crippen LogP contribution in [0.3, 0.4) is 0 Å². The van der Waals surface area contributed by atoms with E-state index in [1.807, 2.05) is 12.2 Å². The topological polar surface area (TPSA) is 237 Å². The molecule has 0 amide bonds. The summed E-state index contributed by atoms with van der Waals surface area (Å²) in [5.74, 6) is -2.26. The summed E-state index contributed by atoms with van der Waals surface area (Å²) in [6, 6.07) is 0. The van der Waals surface area contributed by atoms with Crippen molar-refractivity contribution in [3.63, 3.8) is 0 Å². The van der Waals surface area contributed by atoms with Crippen molar-refractivity contribution in [3.05, 3.63) is 109 Å².